The number of carbonyl (C=O) groups is 1. The maximum atomic E-state index is 12.7. The number of fused-ring (bicyclic) bond motifs is 1. The Labute approximate surface area is 181 Å². The van der Waals surface area contributed by atoms with Gasteiger partial charge in [-0.3, -0.25) is 9.36 Å². The first-order chi connectivity index (χ1) is 14.5. The Hall–Kier alpha value is -2.32. The van der Waals surface area contributed by atoms with Gasteiger partial charge in [-0.15, -0.1) is 0 Å². The maximum Gasteiger partial charge on any atom is 0.348 e. The van der Waals surface area contributed by atoms with Crippen molar-refractivity contribution in [2.75, 3.05) is 38.3 Å². The molecule has 0 saturated carbocycles. The van der Waals surface area contributed by atoms with E-state index in [0.29, 0.717) is 18.2 Å². The van der Waals surface area contributed by atoms with Crippen LogP contribution in [0.2, 0.25) is 0 Å². The van der Waals surface area contributed by atoms with Crippen molar-refractivity contribution in [3.8, 4) is 5.75 Å². The van der Waals surface area contributed by atoms with Crippen LogP contribution in [0.1, 0.15) is 31.0 Å². The van der Waals surface area contributed by atoms with E-state index in [4.69, 9.17) is 4.74 Å². The van der Waals surface area contributed by atoms with Gasteiger partial charge in [0.15, 0.2) is 0 Å². The summed E-state index contributed by atoms with van der Waals surface area (Å²) < 4.78 is 7.23. The zero-order chi connectivity index (χ0) is 21.5. The normalized spacial score (nSPS) is 13.2. The van der Waals surface area contributed by atoms with Crippen molar-refractivity contribution in [3.63, 3.8) is 0 Å². The Morgan fingerprint density at radius 2 is 1.97 bits per heavy atom. The molecular weight excluding hydrogens is 400 g/mol. The highest BCUT2D eigenvalue weighted by Crippen LogP contribution is 2.28. The summed E-state index contributed by atoms with van der Waals surface area (Å²) in [4.78, 5) is 31.5. The van der Waals surface area contributed by atoms with Gasteiger partial charge in [0.05, 0.1) is 12.4 Å². The first-order valence-electron chi connectivity index (χ1n) is 10.4. The number of amides is 1. The number of hydrogen-bond acceptors (Lipinski definition) is 6. The van der Waals surface area contributed by atoms with Crippen molar-refractivity contribution in [1.29, 1.82) is 0 Å². The number of rotatable bonds is 9. The van der Waals surface area contributed by atoms with Gasteiger partial charge in [0, 0.05) is 30.0 Å². The van der Waals surface area contributed by atoms with E-state index in [-0.39, 0.29) is 17.3 Å². The third-order valence-corrected chi connectivity index (χ3v) is 6.03. The van der Waals surface area contributed by atoms with Crippen LogP contribution in [0.5, 0.6) is 5.75 Å². The number of hydrogen-bond donors (Lipinski definition) is 1. The second kappa shape index (κ2) is 10.6. The van der Waals surface area contributed by atoms with E-state index in [1.54, 1.807) is 0 Å². The van der Waals surface area contributed by atoms with Crippen molar-refractivity contribution >= 4 is 23.4 Å². The minimum absolute atomic E-state index is 0.118. The molecule has 30 heavy (non-hydrogen) atoms. The molecule has 0 radical (unpaired) electrons. The van der Waals surface area contributed by atoms with Crippen molar-refractivity contribution < 1.29 is 9.53 Å². The molecule has 1 aromatic heterocycles. The van der Waals surface area contributed by atoms with Gasteiger partial charge in [0.2, 0.25) is 5.91 Å². The van der Waals surface area contributed by atoms with Crippen molar-refractivity contribution in [3.05, 3.63) is 46.0 Å². The maximum absolute atomic E-state index is 12.7. The molecule has 1 aliphatic rings. The highest BCUT2D eigenvalue weighted by Gasteiger charge is 2.21. The van der Waals surface area contributed by atoms with Crippen LogP contribution in [0.4, 0.5) is 5.69 Å². The number of nitrogens with one attached hydrogen (secondary N) is 1. The number of thioether (sulfide) groups is 1. The van der Waals surface area contributed by atoms with E-state index < -0.39 is 0 Å². The predicted molar refractivity (Wildman–Crippen MR) is 121 cm³/mol. The molecule has 0 unspecified atom stereocenters. The van der Waals surface area contributed by atoms with Crippen LogP contribution in [-0.4, -0.2) is 53.4 Å². The SMILES string of the molecule is CCOc1ccc(NC(=O)CSc2nc(=O)n(CCN(C)C)c3c2CCCC3)cc1. The number of anilines is 1. The van der Waals surface area contributed by atoms with E-state index in [0.717, 1.165) is 54.9 Å². The lowest BCUT2D eigenvalue weighted by Gasteiger charge is -2.23. The Morgan fingerprint density at radius 1 is 1.23 bits per heavy atom. The van der Waals surface area contributed by atoms with E-state index >= 15 is 0 Å². The van der Waals surface area contributed by atoms with Crippen LogP contribution in [-0.2, 0) is 24.2 Å². The summed E-state index contributed by atoms with van der Waals surface area (Å²) in [6.07, 6.45) is 3.98. The summed E-state index contributed by atoms with van der Waals surface area (Å²) in [7, 11) is 4.00. The zero-order valence-electron chi connectivity index (χ0n) is 17.9. The summed E-state index contributed by atoms with van der Waals surface area (Å²) in [6.45, 7) is 3.98. The quantitative estimate of drug-likeness (QED) is 0.487. The zero-order valence-corrected chi connectivity index (χ0v) is 18.8. The van der Waals surface area contributed by atoms with Gasteiger partial charge in [0.25, 0.3) is 0 Å². The number of aromatic nitrogens is 2. The molecule has 1 aliphatic carbocycles. The Kier molecular flexibility index (Phi) is 7.93. The Balaban J connectivity index is 1.68. The molecule has 162 valence electrons. The molecule has 3 rings (SSSR count). The van der Waals surface area contributed by atoms with Crippen LogP contribution < -0.4 is 15.7 Å². The fraction of sp³-hybridized carbons (Fsp3) is 0.500. The molecule has 2 aromatic rings. The number of carbonyl (C=O) groups excluding carboxylic acids is 1. The van der Waals surface area contributed by atoms with Gasteiger partial charge in [-0.05, 0) is 71.0 Å². The molecule has 0 atom stereocenters. The minimum Gasteiger partial charge on any atom is -0.494 e. The van der Waals surface area contributed by atoms with Gasteiger partial charge in [-0.1, -0.05) is 11.8 Å². The highest BCUT2D eigenvalue weighted by molar-refractivity contribution is 8.00. The largest absolute Gasteiger partial charge is 0.494 e. The number of nitrogens with zero attached hydrogens (tertiary/aromatic N) is 3. The van der Waals surface area contributed by atoms with Crippen molar-refractivity contribution in [2.45, 2.75) is 44.2 Å². The average molecular weight is 431 g/mol. The van der Waals surface area contributed by atoms with Crippen LogP contribution in [0.3, 0.4) is 0 Å². The van der Waals surface area contributed by atoms with E-state index in [2.05, 4.69) is 15.2 Å². The Morgan fingerprint density at radius 3 is 2.67 bits per heavy atom. The first kappa shape index (κ1) is 22.4. The monoisotopic (exact) mass is 430 g/mol. The third-order valence-electron chi connectivity index (χ3n) is 5.01. The molecular formula is C22H30N4O3S. The van der Waals surface area contributed by atoms with Gasteiger partial charge in [-0.2, -0.15) is 4.98 Å². The van der Waals surface area contributed by atoms with E-state index in [1.165, 1.54) is 11.8 Å². The Bertz CT molecular complexity index is 925. The van der Waals surface area contributed by atoms with Gasteiger partial charge >= 0.3 is 5.69 Å². The molecule has 1 heterocycles. The predicted octanol–water partition coefficient (Wildman–Crippen LogP) is 2.81. The highest BCUT2D eigenvalue weighted by atomic mass is 32.2. The first-order valence-corrected chi connectivity index (χ1v) is 11.4. The van der Waals surface area contributed by atoms with Crippen LogP contribution >= 0.6 is 11.8 Å². The lowest BCUT2D eigenvalue weighted by molar-refractivity contribution is -0.113. The van der Waals surface area contributed by atoms with E-state index in [1.807, 2.05) is 49.9 Å². The molecule has 1 amide bonds. The second-order valence-electron chi connectivity index (χ2n) is 7.58. The topological polar surface area (TPSA) is 76.5 Å². The van der Waals surface area contributed by atoms with Gasteiger partial charge < -0.3 is 15.0 Å². The summed E-state index contributed by atoms with van der Waals surface area (Å²) in [5.74, 6) is 0.871. The molecule has 0 aliphatic heterocycles. The van der Waals surface area contributed by atoms with Crippen LogP contribution in [0.15, 0.2) is 34.1 Å². The minimum atomic E-state index is -0.216. The number of benzene rings is 1. The van der Waals surface area contributed by atoms with Gasteiger partial charge in [0.1, 0.15) is 10.8 Å². The van der Waals surface area contributed by atoms with Crippen molar-refractivity contribution in [2.24, 2.45) is 0 Å². The molecule has 0 spiro atoms. The molecule has 1 aromatic carbocycles. The molecule has 8 heteroatoms. The fourth-order valence-corrected chi connectivity index (χ4v) is 4.41. The summed E-state index contributed by atoms with van der Waals surface area (Å²) in [5, 5.41) is 3.59. The van der Waals surface area contributed by atoms with Gasteiger partial charge in [-0.25, -0.2) is 4.79 Å². The third kappa shape index (κ3) is 5.86. The molecule has 1 N–H and O–H groups in total. The molecule has 7 nitrogen and oxygen atoms in total. The lowest BCUT2D eigenvalue weighted by atomic mass is 9.97. The number of likely N-dealkylation sites (N-methyl/N-ethyl adjacent to an activating group) is 1. The fourth-order valence-electron chi connectivity index (χ4n) is 3.53. The van der Waals surface area contributed by atoms with Crippen molar-refractivity contribution in [1.82, 2.24) is 14.5 Å². The summed E-state index contributed by atoms with van der Waals surface area (Å²) >= 11 is 1.35. The second-order valence-corrected chi connectivity index (χ2v) is 8.55. The van der Waals surface area contributed by atoms with Crippen LogP contribution in [0, 0.1) is 0 Å². The number of ether oxygens (including phenoxy) is 1. The summed E-state index contributed by atoms with van der Waals surface area (Å²) in [5.41, 5.74) is 2.74. The molecule has 0 bridgehead atoms. The smallest absolute Gasteiger partial charge is 0.348 e. The average Bonchev–Trinajstić information content (AvgIpc) is 2.73. The summed E-state index contributed by atoms with van der Waals surface area (Å²) in [6, 6.07) is 7.30. The molecule has 0 saturated heterocycles. The lowest BCUT2D eigenvalue weighted by Crippen LogP contribution is -2.33. The van der Waals surface area contributed by atoms with E-state index in [9.17, 15) is 9.59 Å². The van der Waals surface area contributed by atoms with Crippen LogP contribution in [0.25, 0.3) is 0 Å². The standard InChI is InChI=1S/C22H30N4O3S/c1-4-29-17-11-9-16(10-12-17)23-20(27)15-30-21-18-7-5-6-8-19(18)26(22(28)24-21)14-13-25(2)3/h9-12H,4-8,13-15H2,1-3H3,(H,23,27). The molecule has 0 fully saturated rings.